The maximum Gasteiger partial charge on any atom is 0.482 e. The molecule has 4 fully saturated rings. The zero-order chi connectivity index (χ0) is 41.0. The highest BCUT2D eigenvalue weighted by Crippen LogP contribution is 2.65. The minimum atomic E-state index is -1.65. The summed E-state index contributed by atoms with van der Waals surface area (Å²) >= 11 is 6.72. The van der Waals surface area contributed by atoms with Crippen molar-refractivity contribution in [1.29, 1.82) is 0 Å². The molecule has 1 unspecified atom stereocenters. The van der Waals surface area contributed by atoms with Crippen molar-refractivity contribution in [2.24, 2.45) is 17.3 Å². The zero-order valence-corrected chi connectivity index (χ0v) is 34.3. The lowest BCUT2D eigenvalue weighted by molar-refractivity contribution is -0.199. The molecular weight excluding hydrogens is 741 g/mol. The van der Waals surface area contributed by atoms with Gasteiger partial charge in [0.1, 0.15) is 34.4 Å². The van der Waals surface area contributed by atoms with Gasteiger partial charge in [-0.25, -0.2) is 18.4 Å². The Morgan fingerprint density at radius 2 is 1.53 bits per heavy atom. The lowest BCUT2D eigenvalue weighted by Gasteiger charge is -2.64. The number of alkyl carbamates (subject to hydrolysis) is 1. The van der Waals surface area contributed by atoms with Crippen molar-refractivity contribution in [2.45, 2.75) is 116 Å². The van der Waals surface area contributed by atoms with Gasteiger partial charge in [-0.15, -0.1) is 0 Å². The minimum absolute atomic E-state index is 0.00140. The Hall–Kier alpha value is -3.82. The van der Waals surface area contributed by atoms with Crippen LogP contribution in [0.3, 0.4) is 0 Å². The van der Waals surface area contributed by atoms with Gasteiger partial charge in [-0.3, -0.25) is 4.79 Å². The lowest BCUT2D eigenvalue weighted by atomic mass is 9.43. The monoisotopic (exact) mass is 792 g/mol. The average molecular weight is 793 g/mol. The van der Waals surface area contributed by atoms with Crippen LogP contribution in [0.4, 0.5) is 13.6 Å². The first-order valence-electron chi connectivity index (χ1n) is 18.3. The summed E-state index contributed by atoms with van der Waals surface area (Å²) in [7, 11) is 2.71. The van der Waals surface area contributed by atoms with E-state index in [1.807, 2.05) is 6.92 Å². The van der Waals surface area contributed by atoms with Crippen LogP contribution in [0, 0.1) is 28.9 Å². The third-order valence-electron chi connectivity index (χ3n) is 10.9. The molecule has 0 radical (unpaired) electrons. The molecule has 0 aromatic heterocycles. The van der Waals surface area contributed by atoms with E-state index in [0.29, 0.717) is 11.5 Å². The number of halogens is 3. The number of amides is 2. The molecule has 3 saturated carbocycles. The fourth-order valence-electron chi connectivity index (χ4n) is 8.20. The van der Waals surface area contributed by atoms with Gasteiger partial charge in [0.15, 0.2) is 17.3 Å². The Kier molecular flexibility index (Phi) is 11.7. The SMILES string of the molecule is COc1c(F)cc(C(NC(=O)OC(C)(C)C)C(=O)N[C@@H](Cc2ccc(F)c(C(=O)OC(C)(C)C)c2OC)B2O[C@@H]3C[C@@H]4C[C@@H](C4(C)C)[C@]3(C)O2)c(Cl)c1OC. The van der Waals surface area contributed by atoms with Gasteiger partial charge in [-0.2, -0.15) is 0 Å². The second kappa shape index (κ2) is 15.3. The van der Waals surface area contributed by atoms with Crippen molar-refractivity contribution >= 4 is 36.7 Å². The van der Waals surface area contributed by atoms with Gasteiger partial charge in [0, 0.05) is 5.56 Å². The van der Waals surface area contributed by atoms with Gasteiger partial charge in [-0.1, -0.05) is 31.5 Å². The number of benzene rings is 2. The number of hydrogen-bond acceptors (Lipinski definition) is 10. The minimum Gasteiger partial charge on any atom is -0.495 e. The van der Waals surface area contributed by atoms with Gasteiger partial charge in [0.05, 0.1) is 44.0 Å². The van der Waals surface area contributed by atoms with Crippen LogP contribution in [-0.2, 0) is 30.0 Å². The van der Waals surface area contributed by atoms with Gasteiger partial charge >= 0.3 is 19.2 Å². The predicted molar refractivity (Wildman–Crippen MR) is 200 cm³/mol. The van der Waals surface area contributed by atoms with Gasteiger partial charge < -0.3 is 43.6 Å². The topological polar surface area (TPSA) is 140 Å². The number of carbonyl (C=O) groups is 3. The third kappa shape index (κ3) is 8.34. The van der Waals surface area contributed by atoms with Gasteiger partial charge in [-0.05, 0) is 103 Å². The molecule has 2 aromatic carbocycles. The van der Waals surface area contributed by atoms with E-state index < -0.39 is 71.1 Å². The van der Waals surface area contributed by atoms with E-state index in [2.05, 4.69) is 24.5 Å². The number of ether oxygens (including phenoxy) is 5. The molecule has 1 saturated heterocycles. The van der Waals surface area contributed by atoms with E-state index in [-0.39, 0.29) is 51.7 Å². The molecule has 6 atom stereocenters. The van der Waals surface area contributed by atoms with Crippen molar-refractivity contribution in [3.8, 4) is 17.2 Å². The van der Waals surface area contributed by atoms with Gasteiger partial charge in [0.2, 0.25) is 5.91 Å². The zero-order valence-electron chi connectivity index (χ0n) is 33.5. The van der Waals surface area contributed by atoms with Crippen LogP contribution in [0.15, 0.2) is 18.2 Å². The Balaban J connectivity index is 1.59. The first kappa shape index (κ1) is 42.3. The number of nitrogens with one attached hydrogen (secondary N) is 2. The van der Waals surface area contributed by atoms with Crippen molar-refractivity contribution in [2.75, 3.05) is 21.3 Å². The van der Waals surface area contributed by atoms with E-state index >= 15 is 8.78 Å². The molecular formula is C39H52BClF2N2O10. The number of rotatable bonds is 11. The van der Waals surface area contributed by atoms with Crippen LogP contribution < -0.4 is 24.8 Å². The van der Waals surface area contributed by atoms with E-state index in [0.717, 1.165) is 25.0 Å². The summed E-state index contributed by atoms with van der Waals surface area (Å²) in [6.45, 7) is 16.3. The largest absolute Gasteiger partial charge is 0.495 e. The van der Waals surface area contributed by atoms with Crippen molar-refractivity contribution in [3.63, 3.8) is 0 Å². The summed E-state index contributed by atoms with van der Waals surface area (Å²) in [6, 6.07) is 1.85. The molecule has 2 bridgehead atoms. The van der Waals surface area contributed by atoms with Crippen LogP contribution in [0.1, 0.15) is 103 Å². The summed E-state index contributed by atoms with van der Waals surface area (Å²) in [5.41, 5.74) is -2.87. The highest BCUT2D eigenvalue weighted by Gasteiger charge is 2.68. The van der Waals surface area contributed by atoms with Crippen LogP contribution >= 0.6 is 11.6 Å². The van der Waals surface area contributed by atoms with Gasteiger partial charge in [0.25, 0.3) is 0 Å². The first-order chi connectivity index (χ1) is 25.4. The summed E-state index contributed by atoms with van der Waals surface area (Å²) < 4.78 is 71.3. The molecule has 2 N–H and O–H groups in total. The van der Waals surface area contributed by atoms with E-state index in [1.54, 1.807) is 41.5 Å². The second-order valence-corrected chi connectivity index (χ2v) is 17.6. The smallest absolute Gasteiger partial charge is 0.482 e. The Labute approximate surface area is 326 Å². The van der Waals surface area contributed by atoms with Crippen LogP contribution in [0.2, 0.25) is 5.02 Å². The van der Waals surface area contributed by atoms with E-state index in [1.165, 1.54) is 27.4 Å². The molecule has 1 heterocycles. The van der Waals surface area contributed by atoms with Crippen LogP contribution in [-0.4, -0.2) is 75.3 Å². The molecule has 55 heavy (non-hydrogen) atoms. The third-order valence-corrected chi connectivity index (χ3v) is 11.3. The summed E-state index contributed by atoms with van der Waals surface area (Å²) in [6.07, 6.45) is 0.299. The number of hydrogen-bond donors (Lipinski definition) is 2. The van der Waals surface area contributed by atoms with Crippen molar-refractivity contribution in [3.05, 3.63) is 51.5 Å². The summed E-state index contributed by atoms with van der Waals surface area (Å²) in [5, 5.41) is 5.26. The molecule has 2 aromatic rings. The first-order valence-corrected chi connectivity index (χ1v) is 18.6. The molecule has 1 aliphatic heterocycles. The quantitative estimate of drug-likeness (QED) is 0.178. The van der Waals surface area contributed by atoms with E-state index in [9.17, 15) is 14.4 Å². The van der Waals surface area contributed by atoms with Crippen LogP contribution in [0.5, 0.6) is 17.2 Å². The molecule has 302 valence electrons. The van der Waals surface area contributed by atoms with E-state index in [4.69, 9.17) is 44.6 Å². The maximum absolute atomic E-state index is 15.5. The number of esters is 1. The molecule has 6 rings (SSSR count). The Morgan fingerprint density at radius 1 is 0.909 bits per heavy atom. The standard InChI is InChI=1S/C39H52BClF2N2O10/c1-36(2,3)52-34(47)27-22(42)14-13-19(30(27)49-10)15-26(40-54-25-17-20-16-24(38(20,7)8)39(25,9)55-40)44-33(46)29(45-35(48)53-37(4,5)6)21-18-23(43)31(50-11)32(51-12)28(21)41/h13-14,18,20,24-26,29H,15-17H2,1-12H3,(H,44,46)(H,45,48)/t20-,24-,25+,26-,29?,39-/m0/s1. The molecule has 4 aliphatic rings. The lowest BCUT2D eigenvalue weighted by Crippen LogP contribution is -2.65. The summed E-state index contributed by atoms with van der Waals surface area (Å²) in [4.78, 5) is 41.1. The molecule has 12 nitrogen and oxygen atoms in total. The second-order valence-electron chi connectivity index (χ2n) is 17.2. The summed E-state index contributed by atoms with van der Waals surface area (Å²) in [5.74, 6) is -4.64. The number of carbonyl (C=O) groups excluding carboxylic acids is 3. The highest BCUT2D eigenvalue weighted by atomic mass is 35.5. The fourth-order valence-corrected chi connectivity index (χ4v) is 8.53. The molecule has 16 heteroatoms. The number of methoxy groups -OCH3 is 3. The van der Waals surface area contributed by atoms with Crippen molar-refractivity contribution in [1.82, 2.24) is 10.6 Å². The highest BCUT2D eigenvalue weighted by molar-refractivity contribution is 6.48. The molecule has 2 amide bonds. The van der Waals surface area contributed by atoms with Crippen molar-refractivity contribution < 1.29 is 56.2 Å². The average Bonchev–Trinajstić information content (AvgIpc) is 3.43. The molecule has 3 aliphatic carbocycles. The Morgan fingerprint density at radius 3 is 2.09 bits per heavy atom. The normalized spacial score (nSPS) is 23.8. The molecule has 0 spiro atoms. The maximum atomic E-state index is 15.5. The predicted octanol–water partition coefficient (Wildman–Crippen LogP) is 7.16. The van der Waals surface area contributed by atoms with Crippen LogP contribution in [0.25, 0.3) is 0 Å². The Bertz CT molecular complexity index is 1830. The fraction of sp³-hybridized carbons (Fsp3) is 0.615.